The quantitative estimate of drug-likeness (QED) is 0.391. The van der Waals surface area contributed by atoms with Crippen LogP contribution in [0.1, 0.15) is 27.7 Å². The average Bonchev–Trinajstić information content (AvgIpc) is 2.23. The maximum Gasteiger partial charge on any atom is 0.193 e. The predicted molar refractivity (Wildman–Crippen MR) is 64.7 cm³/mol. The van der Waals surface area contributed by atoms with Crippen LogP contribution in [0.15, 0.2) is 25.0 Å². The molecule has 3 nitrogen and oxygen atoms in total. The third-order valence-electron chi connectivity index (χ3n) is 0.634. The molecule has 0 aromatic rings. The van der Waals surface area contributed by atoms with Crippen molar-refractivity contribution in [3.05, 3.63) is 25.0 Å². The maximum absolute atomic E-state index is 10.1. The number of nitrogens with one attached hydrogen (secondary N) is 1. The summed E-state index contributed by atoms with van der Waals surface area (Å²) in [6, 6.07) is 0. The lowest BCUT2D eigenvalue weighted by Gasteiger charge is -1.84. The average molecular weight is 203 g/mol. The van der Waals surface area contributed by atoms with Crippen LogP contribution in [0.5, 0.6) is 0 Å². The second-order valence-corrected chi connectivity index (χ2v) is 1.73. The van der Waals surface area contributed by atoms with Gasteiger partial charge in [0.1, 0.15) is 0 Å². The summed E-state index contributed by atoms with van der Waals surface area (Å²) in [7, 11) is 3.75. The van der Waals surface area contributed by atoms with Gasteiger partial charge < -0.3 is 10.4 Å². The van der Waals surface area contributed by atoms with Crippen LogP contribution in [0.4, 0.5) is 0 Å². The number of rotatable bonds is 1. The molecule has 0 amide bonds. The molecule has 0 unspecified atom stereocenters. The molecular formula is C11H25NO2. The molecule has 0 saturated carbocycles. The summed E-state index contributed by atoms with van der Waals surface area (Å²) < 4.78 is 0. The molecule has 0 atom stereocenters. The van der Waals surface area contributed by atoms with Crippen LogP contribution in [0, 0.1) is 0 Å². The van der Waals surface area contributed by atoms with E-state index in [2.05, 4.69) is 18.5 Å². The van der Waals surface area contributed by atoms with Gasteiger partial charge in [-0.05, 0) is 27.1 Å². The SMILES string of the molecule is C/C=C(\O)C(C)=O.C=C.CC.CNC. The smallest absolute Gasteiger partial charge is 0.193 e. The summed E-state index contributed by atoms with van der Waals surface area (Å²) >= 11 is 0. The summed E-state index contributed by atoms with van der Waals surface area (Å²) in [5.74, 6) is -0.456. The molecule has 0 saturated heterocycles. The van der Waals surface area contributed by atoms with Crippen molar-refractivity contribution in [2.75, 3.05) is 14.1 Å². The van der Waals surface area contributed by atoms with Crippen LogP contribution in [-0.4, -0.2) is 25.0 Å². The van der Waals surface area contributed by atoms with E-state index in [-0.39, 0.29) is 11.5 Å². The van der Waals surface area contributed by atoms with Gasteiger partial charge in [-0.25, -0.2) is 0 Å². The number of hydrogen-bond donors (Lipinski definition) is 2. The van der Waals surface area contributed by atoms with Gasteiger partial charge in [0.15, 0.2) is 11.5 Å². The Labute approximate surface area is 88.5 Å². The van der Waals surface area contributed by atoms with Gasteiger partial charge in [-0.15, -0.1) is 13.2 Å². The third-order valence-corrected chi connectivity index (χ3v) is 0.634. The minimum atomic E-state index is -0.289. The van der Waals surface area contributed by atoms with Gasteiger partial charge in [0, 0.05) is 6.92 Å². The van der Waals surface area contributed by atoms with Gasteiger partial charge in [-0.1, -0.05) is 13.8 Å². The summed E-state index contributed by atoms with van der Waals surface area (Å²) in [6.07, 6.45) is 1.36. The summed E-state index contributed by atoms with van der Waals surface area (Å²) in [6.45, 7) is 12.9. The Morgan fingerprint density at radius 3 is 1.50 bits per heavy atom. The van der Waals surface area contributed by atoms with E-state index in [9.17, 15) is 4.79 Å². The van der Waals surface area contributed by atoms with Gasteiger partial charge in [0.2, 0.25) is 0 Å². The number of allylic oxidation sites excluding steroid dienone is 2. The molecular weight excluding hydrogens is 178 g/mol. The number of aliphatic hydroxyl groups is 1. The normalized spacial score (nSPS) is 7.71. The van der Waals surface area contributed by atoms with E-state index >= 15 is 0 Å². The van der Waals surface area contributed by atoms with Crippen molar-refractivity contribution in [2.45, 2.75) is 27.7 Å². The van der Waals surface area contributed by atoms with Crippen molar-refractivity contribution in [2.24, 2.45) is 0 Å². The molecule has 0 aliphatic rings. The van der Waals surface area contributed by atoms with E-state index < -0.39 is 0 Å². The monoisotopic (exact) mass is 203 g/mol. The molecule has 0 spiro atoms. The number of hydrogen-bond acceptors (Lipinski definition) is 3. The van der Waals surface area contributed by atoms with Crippen molar-refractivity contribution < 1.29 is 9.90 Å². The lowest BCUT2D eigenvalue weighted by Crippen LogP contribution is -1.92. The highest BCUT2D eigenvalue weighted by molar-refractivity contribution is 5.90. The predicted octanol–water partition coefficient (Wildman–Crippen LogP) is 2.70. The fourth-order valence-corrected chi connectivity index (χ4v) is 0.203. The van der Waals surface area contributed by atoms with Crippen LogP contribution in [0.2, 0.25) is 0 Å². The maximum atomic E-state index is 10.1. The van der Waals surface area contributed by atoms with Crippen LogP contribution in [-0.2, 0) is 4.79 Å². The Hall–Kier alpha value is -1.09. The summed E-state index contributed by atoms with van der Waals surface area (Å²) in [5, 5.41) is 11.2. The molecule has 14 heavy (non-hydrogen) atoms. The fraction of sp³-hybridized carbons (Fsp3) is 0.545. The molecule has 0 aliphatic carbocycles. The molecule has 0 fully saturated rings. The Morgan fingerprint density at radius 2 is 1.50 bits per heavy atom. The fourth-order valence-electron chi connectivity index (χ4n) is 0.203. The first-order chi connectivity index (χ1) is 6.59. The van der Waals surface area contributed by atoms with Gasteiger partial charge in [0.25, 0.3) is 0 Å². The number of Topliss-reactive ketones (excluding diaryl/α,β-unsaturated/α-hetero) is 1. The molecule has 0 rings (SSSR count). The molecule has 3 heteroatoms. The first kappa shape index (κ1) is 23.1. The topological polar surface area (TPSA) is 49.3 Å². The van der Waals surface area contributed by atoms with Crippen molar-refractivity contribution >= 4 is 5.78 Å². The van der Waals surface area contributed by atoms with E-state index in [1.165, 1.54) is 13.0 Å². The van der Waals surface area contributed by atoms with E-state index in [1.54, 1.807) is 6.92 Å². The molecule has 0 bridgehead atoms. The van der Waals surface area contributed by atoms with Gasteiger partial charge in [0.05, 0.1) is 0 Å². The summed E-state index contributed by atoms with van der Waals surface area (Å²) in [4.78, 5) is 10.1. The van der Waals surface area contributed by atoms with Gasteiger partial charge in [-0.2, -0.15) is 0 Å². The van der Waals surface area contributed by atoms with Gasteiger partial charge in [-0.3, -0.25) is 4.79 Å². The van der Waals surface area contributed by atoms with Crippen LogP contribution in [0.25, 0.3) is 0 Å². The highest BCUT2D eigenvalue weighted by Gasteiger charge is 1.93. The number of ketones is 1. The molecule has 0 aliphatic heterocycles. The van der Waals surface area contributed by atoms with Crippen molar-refractivity contribution in [1.82, 2.24) is 5.32 Å². The second kappa shape index (κ2) is 29.7. The number of carbonyl (C=O) groups is 1. The summed E-state index contributed by atoms with van der Waals surface area (Å²) in [5.41, 5.74) is 0. The van der Waals surface area contributed by atoms with E-state index in [4.69, 9.17) is 5.11 Å². The molecule has 0 heterocycles. The largest absolute Gasteiger partial charge is 0.505 e. The zero-order valence-electron chi connectivity index (χ0n) is 10.3. The lowest BCUT2D eigenvalue weighted by molar-refractivity contribution is -0.115. The van der Waals surface area contributed by atoms with E-state index in [0.717, 1.165) is 0 Å². The van der Waals surface area contributed by atoms with Crippen LogP contribution >= 0.6 is 0 Å². The Bertz CT molecular complexity index is 131. The highest BCUT2D eigenvalue weighted by Crippen LogP contribution is 1.85. The van der Waals surface area contributed by atoms with E-state index in [0.29, 0.717) is 0 Å². The number of aliphatic hydroxyl groups excluding tert-OH is 1. The minimum Gasteiger partial charge on any atom is -0.505 e. The van der Waals surface area contributed by atoms with Crippen molar-refractivity contribution in [3.63, 3.8) is 0 Å². The van der Waals surface area contributed by atoms with Crippen LogP contribution < -0.4 is 5.32 Å². The molecule has 2 N–H and O–H groups in total. The zero-order valence-corrected chi connectivity index (χ0v) is 10.3. The third kappa shape index (κ3) is 44.4. The minimum absolute atomic E-state index is 0.167. The molecule has 0 aromatic heterocycles. The zero-order chi connectivity index (χ0) is 12.6. The first-order valence-electron chi connectivity index (χ1n) is 4.54. The molecule has 0 radical (unpaired) electrons. The standard InChI is InChI=1S/C5H8O2.C2H7N.C2H6.C2H4/c1-3-5(7)4(2)6;1-3-2;2*1-2/h3,7H,1-2H3;3H,1-2H3;1-2H3;1-2H2/b5-3-;;;. The van der Waals surface area contributed by atoms with Gasteiger partial charge >= 0.3 is 0 Å². The second-order valence-electron chi connectivity index (χ2n) is 1.73. The Kier molecular flexibility index (Phi) is 48.9. The lowest BCUT2D eigenvalue weighted by atomic mass is 10.3. The number of carbonyl (C=O) groups excluding carboxylic acids is 1. The van der Waals surface area contributed by atoms with Crippen molar-refractivity contribution in [3.8, 4) is 0 Å². The van der Waals surface area contributed by atoms with E-state index in [1.807, 2.05) is 27.9 Å². The van der Waals surface area contributed by atoms with Crippen LogP contribution in [0.3, 0.4) is 0 Å². The first-order valence-corrected chi connectivity index (χ1v) is 4.54. The Balaban J connectivity index is -0.0000000603. The van der Waals surface area contributed by atoms with Crippen molar-refractivity contribution in [1.29, 1.82) is 0 Å². The molecule has 86 valence electrons. The molecule has 0 aromatic carbocycles. The Morgan fingerprint density at radius 1 is 1.29 bits per heavy atom. The highest BCUT2D eigenvalue weighted by atomic mass is 16.3.